The van der Waals surface area contributed by atoms with Gasteiger partial charge in [-0.3, -0.25) is 4.79 Å². The Hall–Kier alpha value is -2.41. The molecule has 25 heavy (non-hydrogen) atoms. The molecule has 0 bridgehead atoms. The van der Waals surface area contributed by atoms with E-state index in [2.05, 4.69) is 10.3 Å². The van der Waals surface area contributed by atoms with Gasteiger partial charge in [0.1, 0.15) is 24.9 Å². The maximum absolute atomic E-state index is 12.7. The van der Waals surface area contributed by atoms with E-state index in [9.17, 15) is 4.79 Å². The Labute approximate surface area is 149 Å². The molecular weight excluding hydrogens is 340 g/mol. The third-order valence-corrected chi connectivity index (χ3v) is 5.11. The van der Waals surface area contributed by atoms with Crippen LogP contribution in [-0.2, 0) is 0 Å². The van der Waals surface area contributed by atoms with Crippen LogP contribution in [0.4, 0.5) is 5.69 Å². The largest absolute Gasteiger partial charge is 0.486 e. The maximum atomic E-state index is 12.7. The highest BCUT2D eigenvalue weighted by atomic mass is 32.2. The molecule has 1 N–H and O–H groups in total. The lowest BCUT2D eigenvalue weighted by atomic mass is 10.2. The van der Waals surface area contributed by atoms with Gasteiger partial charge in [-0.25, -0.2) is 4.98 Å². The van der Waals surface area contributed by atoms with Gasteiger partial charge in [0.15, 0.2) is 11.5 Å². The molecule has 1 aromatic carbocycles. The summed E-state index contributed by atoms with van der Waals surface area (Å²) in [7, 11) is 0. The molecule has 0 radical (unpaired) electrons. The van der Waals surface area contributed by atoms with E-state index >= 15 is 0 Å². The first kappa shape index (κ1) is 16.1. The number of carbonyl (C=O) groups is 1. The van der Waals surface area contributed by atoms with Gasteiger partial charge < -0.3 is 19.5 Å². The van der Waals surface area contributed by atoms with Crippen molar-refractivity contribution in [1.82, 2.24) is 4.98 Å². The highest BCUT2D eigenvalue weighted by molar-refractivity contribution is 7.99. The van der Waals surface area contributed by atoms with E-state index < -0.39 is 0 Å². The predicted molar refractivity (Wildman–Crippen MR) is 96.0 cm³/mol. The van der Waals surface area contributed by atoms with Crippen LogP contribution in [0.15, 0.2) is 36.5 Å². The number of hydrogen-bond acceptors (Lipinski definition) is 6. The van der Waals surface area contributed by atoms with Gasteiger partial charge in [0.25, 0.3) is 5.91 Å². The van der Waals surface area contributed by atoms with E-state index in [4.69, 9.17) is 14.2 Å². The SMILES string of the molecule is O=C(Nc1ccc2c(c1)OCCO2)c1cccnc1O[C@@H]1CCSC1. The molecule has 7 heteroatoms. The molecule has 3 heterocycles. The van der Waals surface area contributed by atoms with Crippen LogP contribution in [0.1, 0.15) is 16.8 Å². The summed E-state index contributed by atoms with van der Waals surface area (Å²) in [5.74, 6) is 3.45. The lowest BCUT2D eigenvalue weighted by molar-refractivity contribution is 0.101. The van der Waals surface area contributed by atoms with Crippen LogP contribution >= 0.6 is 11.8 Å². The van der Waals surface area contributed by atoms with E-state index in [1.165, 1.54) is 0 Å². The fourth-order valence-electron chi connectivity index (χ4n) is 2.74. The van der Waals surface area contributed by atoms with Crippen molar-refractivity contribution in [2.75, 3.05) is 30.0 Å². The van der Waals surface area contributed by atoms with Gasteiger partial charge in [-0.1, -0.05) is 0 Å². The van der Waals surface area contributed by atoms with Crippen LogP contribution in [-0.4, -0.2) is 41.7 Å². The number of nitrogens with one attached hydrogen (secondary N) is 1. The lowest BCUT2D eigenvalue weighted by Crippen LogP contribution is -2.20. The number of thioether (sulfide) groups is 1. The molecule has 2 aliphatic heterocycles. The molecule has 1 atom stereocenters. The molecule has 0 saturated carbocycles. The Morgan fingerprint density at radius 1 is 1.24 bits per heavy atom. The van der Waals surface area contributed by atoms with Gasteiger partial charge >= 0.3 is 0 Å². The third-order valence-electron chi connectivity index (χ3n) is 3.98. The van der Waals surface area contributed by atoms with E-state index in [1.54, 1.807) is 36.5 Å². The number of benzene rings is 1. The highest BCUT2D eigenvalue weighted by Gasteiger charge is 2.22. The molecule has 130 valence electrons. The molecule has 0 spiro atoms. The Morgan fingerprint density at radius 3 is 2.96 bits per heavy atom. The number of rotatable bonds is 4. The molecule has 6 nitrogen and oxygen atoms in total. The van der Waals surface area contributed by atoms with E-state index in [0.717, 1.165) is 17.9 Å². The summed E-state index contributed by atoms with van der Waals surface area (Å²) < 4.78 is 17.0. The van der Waals surface area contributed by atoms with Gasteiger partial charge in [-0.15, -0.1) is 0 Å². The number of anilines is 1. The summed E-state index contributed by atoms with van der Waals surface area (Å²) in [6, 6.07) is 8.79. The van der Waals surface area contributed by atoms with Gasteiger partial charge in [0.05, 0.1) is 0 Å². The molecule has 4 rings (SSSR count). The Bertz CT molecular complexity index is 777. The minimum absolute atomic E-state index is 0.112. The average molecular weight is 358 g/mol. The summed E-state index contributed by atoms with van der Waals surface area (Å²) in [5.41, 5.74) is 1.06. The zero-order valence-electron chi connectivity index (χ0n) is 13.6. The van der Waals surface area contributed by atoms with Crippen molar-refractivity contribution in [2.24, 2.45) is 0 Å². The molecule has 1 amide bonds. The van der Waals surface area contributed by atoms with E-state index in [1.807, 2.05) is 11.8 Å². The number of fused-ring (bicyclic) bond motifs is 1. The van der Waals surface area contributed by atoms with Gasteiger partial charge in [0.2, 0.25) is 5.88 Å². The Kier molecular flexibility index (Phi) is 4.65. The standard InChI is InChI=1S/C18H18N2O4S/c21-17(20-12-3-4-15-16(10-12)23-8-7-22-15)14-2-1-6-19-18(14)24-13-5-9-25-11-13/h1-4,6,10,13H,5,7-9,11H2,(H,20,21)/t13-/m1/s1. The van der Waals surface area contributed by atoms with E-state index in [0.29, 0.717) is 41.8 Å². The predicted octanol–water partition coefficient (Wildman–Crippen LogP) is 2.99. The number of ether oxygens (including phenoxy) is 3. The van der Waals surface area contributed by atoms with Crippen molar-refractivity contribution in [1.29, 1.82) is 0 Å². The first-order chi connectivity index (χ1) is 12.3. The van der Waals surface area contributed by atoms with E-state index in [-0.39, 0.29) is 12.0 Å². The molecule has 1 fully saturated rings. The Morgan fingerprint density at radius 2 is 2.12 bits per heavy atom. The summed E-state index contributed by atoms with van der Waals surface area (Å²) in [6.45, 7) is 1.04. The third kappa shape index (κ3) is 3.66. The van der Waals surface area contributed by atoms with Crippen LogP contribution in [0.3, 0.4) is 0 Å². The minimum Gasteiger partial charge on any atom is -0.486 e. The number of pyridine rings is 1. The second-order valence-corrected chi connectivity index (χ2v) is 6.92. The quantitative estimate of drug-likeness (QED) is 0.906. The molecule has 1 aromatic heterocycles. The van der Waals surface area contributed by atoms with Gasteiger partial charge in [-0.2, -0.15) is 11.8 Å². The Balaban J connectivity index is 1.51. The lowest BCUT2D eigenvalue weighted by Gasteiger charge is -2.19. The number of carbonyl (C=O) groups excluding carboxylic acids is 1. The van der Waals surface area contributed by atoms with Crippen molar-refractivity contribution < 1.29 is 19.0 Å². The highest BCUT2D eigenvalue weighted by Crippen LogP contribution is 2.33. The topological polar surface area (TPSA) is 69.7 Å². The second-order valence-electron chi connectivity index (χ2n) is 5.77. The monoisotopic (exact) mass is 358 g/mol. The van der Waals surface area contributed by atoms with Crippen LogP contribution in [0.25, 0.3) is 0 Å². The molecule has 1 saturated heterocycles. The zero-order valence-corrected chi connectivity index (χ0v) is 14.4. The summed E-state index contributed by atoms with van der Waals surface area (Å²) in [4.78, 5) is 16.9. The summed E-state index contributed by atoms with van der Waals surface area (Å²) >= 11 is 1.85. The molecule has 2 aliphatic rings. The molecular formula is C18H18N2O4S. The number of amides is 1. The van der Waals surface area contributed by atoms with Crippen molar-refractivity contribution >= 4 is 23.4 Å². The maximum Gasteiger partial charge on any atom is 0.261 e. The first-order valence-electron chi connectivity index (χ1n) is 8.20. The van der Waals surface area contributed by atoms with Gasteiger partial charge in [-0.05, 0) is 36.4 Å². The fraction of sp³-hybridized carbons (Fsp3) is 0.333. The average Bonchev–Trinajstić information content (AvgIpc) is 3.15. The van der Waals surface area contributed by atoms with Crippen molar-refractivity contribution in [3.05, 3.63) is 42.1 Å². The van der Waals surface area contributed by atoms with Crippen molar-refractivity contribution in [2.45, 2.75) is 12.5 Å². The number of aromatic nitrogens is 1. The fourth-order valence-corrected chi connectivity index (χ4v) is 3.83. The first-order valence-corrected chi connectivity index (χ1v) is 9.35. The summed E-state index contributed by atoms with van der Waals surface area (Å²) in [6.07, 6.45) is 2.73. The van der Waals surface area contributed by atoms with Gasteiger partial charge in [0, 0.05) is 23.7 Å². The number of nitrogens with zero attached hydrogens (tertiary/aromatic N) is 1. The normalized spacial score (nSPS) is 18.6. The molecule has 0 unspecified atom stereocenters. The van der Waals surface area contributed by atoms with Crippen molar-refractivity contribution in [3.63, 3.8) is 0 Å². The minimum atomic E-state index is -0.259. The van der Waals surface area contributed by atoms with Crippen molar-refractivity contribution in [3.8, 4) is 17.4 Å². The second kappa shape index (κ2) is 7.23. The summed E-state index contributed by atoms with van der Waals surface area (Å²) in [5, 5.41) is 2.87. The van der Waals surface area contributed by atoms with Crippen LogP contribution in [0.2, 0.25) is 0 Å². The molecule has 0 aliphatic carbocycles. The molecule has 2 aromatic rings. The zero-order chi connectivity index (χ0) is 17.1. The smallest absolute Gasteiger partial charge is 0.261 e. The van der Waals surface area contributed by atoms with Crippen LogP contribution in [0.5, 0.6) is 17.4 Å². The van der Waals surface area contributed by atoms with Crippen LogP contribution in [0, 0.1) is 0 Å². The number of hydrogen-bond donors (Lipinski definition) is 1. The van der Waals surface area contributed by atoms with Crippen LogP contribution < -0.4 is 19.5 Å².